The van der Waals surface area contributed by atoms with Gasteiger partial charge in [-0.25, -0.2) is 0 Å². The van der Waals surface area contributed by atoms with Crippen LogP contribution in [0.2, 0.25) is 0 Å². The Morgan fingerprint density at radius 1 is 1.03 bits per heavy atom. The van der Waals surface area contributed by atoms with E-state index < -0.39 is 0 Å². The summed E-state index contributed by atoms with van der Waals surface area (Å²) in [6, 6.07) is 12.4. The third kappa shape index (κ3) is 6.12. The summed E-state index contributed by atoms with van der Waals surface area (Å²) in [5.41, 5.74) is 1.97. The molecule has 4 rings (SSSR count). The molecule has 5 nitrogen and oxygen atoms in total. The van der Waals surface area contributed by atoms with Crippen molar-refractivity contribution in [1.82, 2.24) is 15.1 Å². The lowest BCUT2D eigenvalue weighted by atomic mass is 9.96. The van der Waals surface area contributed by atoms with Gasteiger partial charge in [-0.1, -0.05) is 18.2 Å². The Morgan fingerprint density at radius 2 is 1.83 bits per heavy atom. The number of carbonyl (C=O) groups excluding carboxylic acids is 1. The number of ether oxygens (including phenoxy) is 1. The fraction of sp³-hybridized carbons (Fsp3) is 0.522. The zero-order valence-electron chi connectivity index (χ0n) is 17.0. The third-order valence-corrected chi connectivity index (χ3v) is 6.78. The zero-order valence-corrected chi connectivity index (χ0v) is 17.8. The molecule has 3 heterocycles. The first-order valence-corrected chi connectivity index (χ1v) is 11.6. The third-order valence-electron chi connectivity index (χ3n) is 5.92. The maximum Gasteiger partial charge on any atom is 0.251 e. The topological polar surface area (TPSA) is 44.8 Å². The summed E-state index contributed by atoms with van der Waals surface area (Å²) in [6.45, 7) is 8.47. The highest BCUT2D eigenvalue weighted by Crippen LogP contribution is 2.20. The Kier molecular flexibility index (Phi) is 7.33. The van der Waals surface area contributed by atoms with Gasteiger partial charge < -0.3 is 10.1 Å². The van der Waals surface area contributed by atoms with Crippen molar-refractivity contribution < 1.29 is 9.53 Å². The van der Waals surface area contributed by atoms with Crippen LogP contribution in [0.4, 0.5) is 0 Å². The molecule has 0 unspecified atom stereocenters. The molecule has 1 N–H and O–H groups in total. The van der Waals surface area contributed by atoms with Crippen LogP contribution in [0, 0.1) is 5.92 Å². The van der Waals surface area contributed by atoms with Crippen molar-refractivity contribution in [3.05, 3.63) is 57.8 Å². The molecule has 2 aliphatic rings. The predicted octanol–water partition coefficient (Wildman–Crippen LogP) is 3.22. The van der Waals surface area contributed by atoms with E-state index in [1.165, 1.54) is 10.4 Å². The van der Waals surface area contributed by atoms with Gasteiger partial charge in [0.05, 0.1) is 13.2 Å². The van der Waals surface area contributed by atoms with Crippen LogP contribution in [0.1, 0.15) is 33.6 Å². The van der Waals surface area contributed by atoms with Crippen LogP contribution in [0.3, 0.4) is 0 Å². The number of benzene rings is 1. The van der Waals surface area contributed by atoms with Crippen LogP contribution in [0.15, 0.2) is 41.8 Å². The summed E-state index contributed by atoms with van der Waals surface area (Å²) in [7, 11) is 0. The number of thiophene rings is 1. The van der Waals surface area contributed by atoms with E-state index in [4.69, 9.17) is 4.74 Å². The Bertz CT molecular complexity index is 766. The average Bonchev–Trinajstić information content (AvgIpc) is 3.27. The normalized spacial score (nSPS) is 19.3. The molecule has 6 heteroatoms. The molecule has 0 radical (unpaired) electrons. The minimum absolute atomic E-state index is 0.0508. The molecule has 2 aliphatic heterocycles. The van der Waals surface area contributed by atoms with Gasteiger partial charge in [0.15, 0.2) is 0 Å². The highest BCUT2D eigenvalue weighted by Gasteiger charge is 2.20. The van der Waals surface area contributed by atoms with Crippen molar-refractivity contribution in [2.75, 3.05) is 45.9 Å². The van der Waals surface area contributed by atoms with Gasteiger partial charge in [0, 0.05) is 43.2 Å². The van der Waals surface area contributed by atoms with E-state index in [1.807, 2.05) is 29.5 Å². The number of likely N-dealkylation sites (tertiary alicyclic amines) is 1. The molecule has 1 amide bonds. The standard InChI is InChI=1S/C23H31N3O2S/c27-23(21-4-1-3-20(15-21)17-26-10-12-28-13-11-26)24-16-19-6-8-25(9-7-19)18-22-5-2-14-29-22/h1-5,14-15,19H,6-13,16-18H2,(H,24,27). The highest BCUT2D eigenvalue weighted by atomic mass is 32.1. The van der Waals surface area contributed by atoms with Gasteiger partial charge in [-0.05, 0) is 61.0 Å². The van der Waals surface area contributed by atoms with Crippen LogP contribution in [-0.4, -0.2) is 61.6 Å². The molecule has 1 aromatic carbocycles. The number of nitrogens with one attached hydrogen (secondary N) is 1. The molecule has 0 spiro atoms. The van der Waals surface area contributed by atoms with Gasteiger partial charge >= 0.3 is 0 Å². The summed E-state index contributed by atoms with van der Waals surface area (Å²) < 4.78 is 5.41. The lowest BCUT2D eigenvalue weighted by molar-refractivity contribution is 0.0342. The number of carbonyl (C=O) groups is 1. The van der Waals surface area contributed by atoms with Crippen molar-refractivity contribution in [3.63, 3.8) is 0 Å². The molecule has 0 aliphatic carbocycles. The van der Waals surface area contributed by atoms with Crippen LogP contribution in [-0.2, 0) is 17.8 Å². The van der Waals surface area contributed by atoms with E-state index >= 15 is 0 Å². The summed E-state index contributed by atoms with van der Waals surface area (Å²) in [6.07, 6.45) is 2.31. The van der Waals surface area contributed by atoms with Crippen LogP contribution in [0.5, 0.6) is 0 Å². The molecule has 0 saturated carbocycles. The Hall–Kier alpha value is -1.73. The molecule has 2 fully saturated rings. The fourth-order valence-corrected chi connectivity index (χ4v) is 4.89. The second-order valence-electron chi connectivity index (χ2n) is 8.10. The van der Waals surface area contributed by atoms with Crippen LogP contribution in [0.25, 0.3) is 0 Å². The molecule has 29 heavy (non-hydrogen) atoms. The minimum atomic E-state index is 0.0508. The molecule has 0 atom stereocenters. The van der Waals surface area contributed by atoms with Crippen LogP contribution < -0.4 is 5.32 Å². The SMILES string of the molecule is O=C(NCC1CCN(Cc2cccs2)CC1)c1cccc(CN2CCOCC2)c1. The largest absolute Gasteiger partial charge is 0.379 e. The van der Waals surface area contributed by atoms with E-state index in [0.29, 0.717) is 5.92 Å². The predicted molar refractivity (Wildman–Crippen MR) is 117 cm³/mol. The number of amides is 1. The molecule has 0 bridgehead atoms. The summed E-state index contributed by atoms with van der Waals surface area (Å²) in [5, 5.41) is 5.32. The van der Waals surface area contributed by atoms with Gasteiger partial charge in [-0.15, -0.1) is 11.3 Å². The van der Waals surface area contributed by atoms with Crippen molar-refractivity contribution in [2.45, 2.75) is 25.9 Å². The van der Waals surface area contributed by atoms with Crippen molar-refractivity contribution in [1.29, 1.82) is 0 Å². The van der Waals surface area contributed by atoms with Gasteiger partial charge in [0.2, 0.25) is 0 Å². The summed E-state index contributed by atoms with van der Waals surface area (Å²) in [4.78, 5) is 19.0. The summed E-state index contributed by atoms with van der Waals surface area (Å²) in [5.74, 6) is 0.630. The fourth-order valence-electron chi connectivity index (χ4n) is 4.14. The molecule has 2 aromatic rings. The van der Waals surface area contributed by atoms with E-state index in [2.05, 4.69) is 38.7 Å². The van der Waals surface area contributed by atoms with Crippen molar-refractivity contribution in [2.24, 2.45) is 5.92 Å². The van der Waals surface area contributed by atoms with Gasteiger partial charge in [-0.2, -0.15) is 0 Å². The number of nitrogens with zero attached hydrogens (tertiary/aromatic N) is 2. The van der Waals surface area contributed by atoms with E-state index in [9.17, 15) is 4.79 Å². The monoisotopic (exact) mass is 413 g/mol. The Morgan fingerprint density at radius 3 is 2.59 bits per heavy atom. The molecular weight excluding hydrogens is 382 g/mol. The molecule has 1 aromatic heterocycles. The lowest BCUT2D eigenvalue weighted by Crippen LogP contribution is -2.38. The number of morpholine rings is 1. The second kappa shape index (κ2) is 10.3. The second-order valence-corrected chi connectivity index (χ2v) is 9.13. The summed E-state index contributed by atoms with van der Waals surface area (Å²) >= 11 is 1.83. The molecule has 2 saturated heterocycles. The average molecular weight is 414 g/mol. The van der Waals surface area contributed by atoms with Crippen molar-refractivity contribution in [3.8, 4) is 0 Å². The highest BCUT2D eigenvalue weighted by molar-refractivity contribution is 7.09. The Balaban J connectivity index is 1.21. The maximum atomic E-state index is 12.7. The smallest absolute Gasteiger partial charge is 0.251 e. The minimum Gasteiger partial charge on any atom is -0.379 e. The molecular formula is C23H31N3O2S. The maximum absolute atomic E-state index is 12.7. The quantitative estimate of drug-likeness (QED) is 0.757. The first kappa shape index (κ1) is 20.5. The first-order valence-electron chi connectivity index (χ1n) is 10.7. The number of hydrogen-bond acceptors (Lipinski definition) is 5. The lowest BCUT2D eigenvalue weighted by Gasteiger charge is -2.31. The number of hydrogen-bond donors (Lipinski definition) is 1. The Labute approximate surface area is 177 Å². The van der Waals surface area contributed by atoms with Gasteiger partial charge in [0.1, 0.15) is 0 Å². The number of rotatable bonds is 7. The number of piperidine rings is 1. The molecule has 156 valence electrons. The van der Waals surface area contributed by atoms with E-state index in [1.54, 1.807) is 0 Å². The van der Waals surface area contributed by atoms with Crippen molar-refractivity contribution >= 4 is 17.2 Å². The van der Waals surface area contributed by atoms with Gasteiger partial charge in [0.25, 0.3) is 5.91 Å². The first-order chi connectivity index (χ1) is 14.3. The van der Waals surface area contributed by atoms with E-state index in [0.717, 1.165) is 77.4 Å². The van der Waals surface area contributed by atoms with Gasteiger partial charge in [-0.3, -0.25) is 14.6 Å². The zero-order chi connectivity index (χ0) is 19.9. The van der Waals surface area contributed by atoms with Crippen LogP contribution >= 0.6 is 11.3 Å². The van der Waals surface area contributed by atoms with E-state index in [-0.39, 0.29) is 5.91 Å².